The van der Waals surface area contributed by atoms with Crippen molar-refractivity contribution in [3.8, 4) is 11.5 Å². The number of aliphatic hydroxyl groups is 1. The van der Waals surface area contributed by atoms with Crippen LogP contribution in [0.15, 0.2) is 48.5 Å². The number of hydrogen-bond acceptors (Lipinski definition) is 4. The van der Waals surface area contributed by atoms with Crippen molar-refractivity contribution >= 4 is 5.91 Å². The molecule has 2 aromatic rings. The average Bonchev–Trinajstić information content (AvgIpc) is 2.65. The van der Waals surface area contributed by atoms with Gasteiger partial charge in [0.1, 0.15) is 11.5 Å². The molecule has 5 nitrogen and oxygen atoms in total. The van der Waals surface area contributed by atoms with Crippen LogP contribution in [0.2, 0.25) is 0 Å². The third-order valence-corrected chi connectivity index (χ3v) is 4.18. The van der Waals surface area contributed by atoms with Crippen LogP contribution in [0.4, 0.5) is 13.2 Å². The number of aryl methyl sites for hydroxylation is 1. The molecule has 0 unspecified atom stereocenters. The zero-order valence-electron chi connectivity index (χ0n) is 16.2. The maximum absolute atomic E-state index is 12.3. The Hall–Kier alpha value is -2.74. The molecule has 0 aliphatic rings. The van der Waals surface area contributed by atoms with E-state index in [1.165, 1.54) is 18.2 Å². The highest BCUT2D eigenvalue weighted by Crippen LogP contribution is 2.24. The number of nitrogens with one attached hydrogen (secondary N) is 1. The summed E-state index contributed by atoms with van der Waals surface area (Å²) in [6, 6.07) is 12.8. The first-order chi connectivity index (χ1) is 13.7. The van der Waals surface area contributed by atoms with Crippen molar-refractivity contribution in [1.82, 2.24) is 5.32 Å². The molecule has 0 radical (unpaired) electrons. The molecule has 0 aliphatic carbocycles. The predicted octanol–water partition coefficient (Wildman–Crippen LogP) is 3.63. The van der Waals surface area contributed by atoms with Crippen molar-refractivity contribution in [2.75, 3.05) is 13.2 Å². The van der Waals surface area contributed by atoms with E-state index in [1.54, 1.807) is 25.1 Å². The molecule has 0 fully saturated rings. The largest absolute Gasteiger partial charge is 0.573 e. The van der Waals surface area contributed by atoms with E-state index >= 15 is 0 Å². The van der Waals surface area contributed by atoms with Gasteiger partial charge in [0.05, 0.1) is 0 Å². The lowest BCUT2D eigenvalue weighted by molar-refractivity contribution is -0.274. The summed E-state index contributed by atoms with van der Waals surface area (Å²) in [6.45, 7) is 3.47. The number of hydrogen-bond donors (Lipinski definition) is 2. The van der Waals surface area contributed by atoms with Crippen molar-refractivity contribution in [2.45, 2.75) is 32.7 Å². The quantitative estimate of drug-likeness (QED) is 0.661. The second-order valence-corrected chi connectivity index (χ2v) is 6.77. The van der Waals surface area contributed by atoms with Crippen LogP contribution >= 0.6 is 0 Å². The van der Waals surface area contributed by atoms with Crippen LogP contribution in [0.1, 0.15) is 18.1 Å². The van der Waals surface area contributed by atoms with E-state index in [1.807, 2.05) is 19.1 Å². The van der Waals surface area contributed by atoms with Gasteiger partial charge >= 0.3 is 6.36 Å². The summed E-state index contributed by atoms with van der Waals surface area (Å²) in [5, 5.41) is 12.3. The van der Waals surface area contributed by atoms with Gasteiger partial charge in [-0.3, -0.25) is 4.79 Å². The van der Waals surface area contributed by atoms with Crippen molar-refractivity contribution < 1.29 is 32.5 Å². The Kier molecular flexibility index (Phi) is 7.90. The van der Waals surface area contributed by atoms with Gasteiger partial charge in [0.2, 0.25) is 0 Å². The highest BCUT2D eigenvalue weighted by Gasteiger charge is 2.31. The molecular formula is C21H24F3NO4. The van der Waals surface area contributed by atoms with Gasteiger partial charge in [0.25, 0.3) is 5.91 Å². The Labute approximate surface area is 167 Å². The van der Waals surface area contributed by atoms with Crippen LogP contribution in [-0.2, 0) is 11.2 Å². The molecule has 0 spiro atoms. The van der Waals surface area contributed by atoms with Gasteiger partial charge in [0, 0.05) is 19.1 Å². The molecular weight excluding hydrogens is 387 g/mol. The number of carbonyl (C=O) groups excluding carboxylic acids is 1. The zero-order chi connectivity index (χ0) is 21.4. The summed E-state index contributed by atoms with van der Waals surface area (Å²) < 4.78 is 46.5. The number of carbonyl (C=O) groups is 1. The van der Waals surface area contributed by atoms with E-state index in [9.17, 15) is 23.1 Å². The summed E-state index contributed by atoms with van der Waals surface area (Å²) in [5.41, 5.74) is 1.63. The second-order valence-electron chi connectivity index (χ2n) is 6.77. The molecule has 2 N–H and O–H groups in total. The van der Waals surface area contributed by atoms with E-state index in [0.717, 1.165) is 5.56 Å². The Morgan fingerprint density at radius 3 is 2.45 bits per heavy atom. The standard InChI is InChI=1S/C21H24F3NO4/c1-14-6-8-18(9-7-14)28-15(2)20(27)25-12-17(13-26)10-16-4-3-5-19(11-16)29-21(22,23)24/h3-9,11,15,17,26H,10,12-13H2,1-2H3,(H,25,27)/t15-,17-/m0/s1. The lowest BCUT2D eigenvalue weighted by atomic mass is 10.00. The fraction of sp³-hybridized carbons (Fsp3) is 0.381. The molecule has 0 aliphatic heterocycles. The monoisotopic (exact) mass is 411 g/mol. The molecule has 1 amide bonds. The van der Waals surface area contributed by atoms with Gasteiger partial charge in [-0.25, -0.2) is 0 Å². The molecule has 158 valence electrons. The molecule has 2 atom stereocenters. The molecule has 0 bridgehead atoms. The number of rotatable bonds is 9. The Bertz CT molecular complexity index is 793. The number of aliphatic hydroxyl groups excluding tert-OH is 1. The molecule has 0 aromatic heterocycles. The summed E-state index contributed by atoms with van der Waals surface area (Å²) in [6.07, 6.45) is -5.23. The van der Waals surface area contributed by atoms with Crippen molar-refractivity contribution in [3.63, 3.8) is 0 Å². The Morgan fingerprint density at radius 2 is 1.83 bits per heavy atom. The zero-order valence-corrected chi connectivity index (χ0v) is 16.2. The lowest BCUT2D eigenvalue weighted by Crippen LogP contribution is -2.40. The van der Waals surface area contributed by atoms with Gasteiger partial charge < -0.3 is 19.9 Å². The third-order valence-electron chi connectivity index (χ3n) is 4.18. The van der Waals surface area contributed by atoms with Gasteiger partial charge in [-0.2, -0.15) is 0 Å². The van der Waals surface area contributed by atoms with Gasteiger partial charge in [-0.05, 0) is 50.1 Å². The molecule has 2 rings (SSSR count). The fourth-order valence-corrected chi connectivity index (χ4v) is 2.67. The molecule has 0 saturated heterocycles. The van der Waals surface area contributed by atoms with Crippen LogP contribution in [0.3, 0.4) is 0 Å². The third kappa shape index (κ3) is 8.03. The minimum atomic E-state index is -4.77. The van der Waals surface area contributed by atoms with E-state index in [0.29, 0.717) is 11.3 Å². The molecule has 2 aromatic carbocycles. The maximum Gasteiger partial charge on any atom is 0.573 e. The second kappa shape index (κ2) is 10.2. The predicted molar refractivity (Wildman–Crippen MR) is 102 cm³/mol. The molecule has 29 heavy (non-hydrogen) atoms. The summed E-state index contributed by atoms with van der Waals surface area (Å²) >= 11 is 0. The first kappa shape index (κ1) is 22.5. The summed E-state index contributed by atoms with van der Waals surface area (Å²) in [7, 11) is 0. The van der Waals surface area contributed by atoms with Crippen LogP contribution in [0.5, 0.6) is 11.5 Å². The van der Waals surface area contributed by atoms with E-state index in [2.05, 4.69) is 10.1 Å². The highest BCUT2D eigenvalue weighted by atomic mass is 19.4. The van der Waals surface area contributed by atoms with Crippen molar-refractivity contribution in [2.24, 2.45) is 5.92 Å². The lowest BCUT2D eigenvalue weighted by Gasteiger charge is -2.19. The molecule has 8 heteroatoms. The van der Waals surface area contributed by atoms with E-state index < -0.39 is 12.5 Å². The maximum atomic E-state index is 12.3. The normalized spacial score (nSPS) is 13.4. The minimum Gasteiger partial charge on any atom is -0.481 e. The van der Waals surface area contributed by atoms with E-state index in [4.69, 9.17) is 4.74 Å². The van der Waals surface area contributed by atoms with Crippen LogP contribution in [-0.4, -0.2) is 36.6 Å². The van der Waals surface area contributed by atoms with Gasteiger partial charge in [-0.1, -0.05) is 29.8 Å². The smallest absolute Gasteiger partial charge is 0.481 e. The average molecular weight is 411 g/mol. The Morgan fingerprint density at radius 1 is 1.14 bits per heavy atom. The summed E-state index contributed by atoms with van der Waals surface area (Å²) in [5.74, 6) is -0.473. The number of amides is 1. The first-order valence-corrected chi connectivity index (χ1v) is 9.13. The van der Waals surface area contributed by atoms with Gasteiger partial charge in [-0.15, -0.1) is 13.2 Å². The highest BCUT2D eigenvalue weighted by molar-refractivity contribution is 5.80. The van der Waals surface area contributed by atoms with Gasteiger partial charge in [0.15, 0.2) is 6.10 Å². The number of alkyl halides is 3. The van der Waals surface area contributed by atoms with E-state index in [-0.39, 0.29) is 37.1 Å². The fourth-order valence-electron chi connectivity index (χ4n) is 2.67. The Balaban J connectivity index is 1.87. The number of benzene rings is 2. The molecule has 0 saturated carbocycles. The molecule has 0 heterocycles. The number of ether oxygens (including phenoxy) is 2. The van der Waals surface area contributed by atoms with Crippen LogP contribution in [0.25, 0.3) is 0 Å². The van der Waals surface area contributed by atoms with Crippen LogP contribution in [0, 0.1) is 12.8 Å². The van der Waals surface area contributed by atoms with Crippen molar-refractivity contribution in [3.05, 3.63) is 59.7 Å². The minimum absolute atomic E-state index is 0.154. The first-order valence-electron chi connectivity index (χ1n) is 9.13. The topological polar surface area (TPSA) is 67.8 Å². The SMILES string of the molecule is Cc1ccc(O[C@@H](C)C(=O)NC[C@@H](CO)Cc2cccc(OC(F)(F)F)c2)cc1. The van der Waals surface area contributed by atoms with Crippen molar-refractivity contribution in [1.29, 1.82) is 0 Å². The number of halogens is 3. The van der Waals surface area contributed by atoms with Crippen LogP contribution < -0.4 is 14.8 Å². The summed E-state index contributed by atoms with van der Waals surface area (Å²) in [4.78, 5) is 12.2.